The molecule has 2 unspecified atom stereocenters. The number of hydrogen-bond donors (Lipinski definition) is 1. The molecule has 0 spiro atoms. The van der Waals surface area contributed by atoms with Gasteiger partial charge in [-0.3, -0.25) is 0 Å². The van der Waals surface area contributed by atoms with E-state index in [1.807, 2.05) is 55.4 Å². The Labute approximate surface area is 409 Å². The van der Waals surface area contributed by atoms with E-state index in [0.717, 1.165) is 36.2 Å². The maximum atomic E-state index is 4.20. The summed E-state index contributed by atoms with van der Waals surface area (Å²) in [4.78, 5) is 0. The summed E-state index contributed by atoms with van der Waals surface area (Å²) < 4.78 is 2.45. The van der Waals surface area contributed by atoms with Gasteiger partial charge in [-0.15, -0.1) is 0 Å². The molecule has 6 aromatic carbocycles. The maximum Gasteiger partial charge on any atom is 0.212 e. The first-order valence-corrected chi connectivity index (χ1v) is 24.4. The van der Waals surface area contributed by atoms with Crippen LogP contribution in [0.25, 0.3) is 50.2 Å². The smallest absolute Gasteiger partial charge is 0.212 e. The number of hydrazone groups is 1. The summed E-state index contributed by atoms with van der Waals surface area (Å²) in [5.41, 5.74) is 17.0. The molecule has 0 aliphatic carbocycles. The first-order valence-electron chi connectivity index (χ1n) is 24.4. The Hall–Kier alpha value is -7.30. The number of anilines is 1. The monoisotopic (exact) mass is 898 g/mol. The summed E-state index contributed by atoms with van der Waals surface area (Å²) in [6, 6.07) is 62.3. The quantitative estimate of drug-likeness (QED) is 0.0541. The normalized spacial score (nSPS) is 12.8. The Morgan fingerprint density at radius 1 is 0.676 bits per heavy atom. The van der Waals surface area contributed by atoms with Gasteiger partial charge >= 0.3 is 0 Å². The van der Waals surface area contributed by atoms with E-state index in [1.165, 1.54) is 61.5 Å². The highest BCUT2D eigenvalue weighted by molar-refractivity contribution is 5.82. The van der Waals surface area contributed by atoms with Crippen LogP contribution in [0.1, 0.15) is 85.4 Å². The molecule has 1 aromatic heterocycles. The van der Waals surface area contributed by atoms with E-state index in [9.17, 15) is 0 Å². The predicted octanol–water partition coefficient (Wildman–Crippen LogP) is 17.1. The summed E-state index contributed by atoms with van der Waals surface area (Å²) in [6.07, 6.45) is 15.4. The van der Waals surface area contributed by atoms with Gasteiger partial charge in [0.2, 0.25) is 5.69 Å². The lowest BCUT2D eigenvalue weighted by atomic mass is 9.92. The highest BCUT2D eigenvalue weighted by atomic mass is 15.4. The number of aromatic nitrogens is 1. The van der Waals surface area contributed by atoms with Crippen LogP contribution in [0, 0.1) is 12.8 Å². The third-order valence-corrected chi connectivity index (χ3v) is 11.9. The number of aryl methyl sites for hydroxylation is 1. The van der Waals surface area contributed by atoms with Crippen LogP contribution in [0.15, 0.2) is 229 Å². The number of hydrogen-bond acceptors (Lipinski definition) is 3. The van der Waals surface area contributed by atoms with Gasteiger partial charge in [0, 0.05) is 55.2 Å². The number of nitrogens with zero attached hydrogens (tertiary/aromatic N) is 3. The van der Waals surface area contributed by atoms with Crippen molar-refractivity contribution in [2.75, 3.05) is 11.6 Å². The Bertz CT molecular complexity index is 2690. The molecule has 0 saturated heterocycles. The molecule has 0 bridgehead atoms. The fraction of sp³-hybridized carbons (Fsp3) is 0.219. The molecule has 2 atom stereocenters. The van der Waals surface area contributed by atoms with E-state index in [1.54, 1.807) is 0 Å². The lowest BCUT2D eigenvalue weighted by molar-refractivity contribution is -0.718. The van der Waals surface area contributed by atoms with Crippen molar-refractivity contribution in [3.05, 3.63) is 235 Å². The fourth-order valence-corrected chi connectivity index (χ4v) is 8.33. The van der Waals surface area contributed by atoms with E-state index in [0.29, 0.717) is 12.0 Å². The predicted molar refractivity (Wildman–Crippen MR) is 296 cm³/mol. The van der Waals surface area contributed by atoms with Crippen molar-refractivity contribution < 1.29 is 4.57 Å². The van der Waals surface area contributed by atoms with Crippen molar-refractivity contribution in [2.24, 2.45) is 11.0 Å². The third kappa shape index (κ3) is 14.9. The minimum absolute atomic E-state index is 0.485. The molecule has 4 nitrogen and oxygen atoms in total. The van der Waals surface area contributed by atoms with Gasteiger partial charge in [-0.25, -0.2) is 5.01 Å². The standard InChI is InChI=1S/C34H28N2.C21H28N.C7H11N.C2H6/c1-26(25-36(35-2)34-19-10-5-11-20-34)29-17-12-18-30(21-29)33-23-31(27-13-6-3-7-14-27)22-32(24-33)28-15-8-4-9-16-28;1-5-7-12-18(4)20(6-2)22-16-11-10-15-21(22)19-14-9-8-13-17(19)3;1-6-3-4-8-7(2)5-6;1-2/h3-25H,2H2,1H3;7-16,18,20H,5-6H2,1-4H3;3,5,8H,4H2,1-2H3;1-2H3/q;+1;;/b26-25+;;;. The van der Waals surface area contributed by atoms with Gasteiger partial charge in [0.1, 0.15) is 0 Å². The molecule has 2 heterocycles. The second-order valence-electron chi connectivity index (χ2n) is 16.9. The van der Waals surface area contributed by atoms with Crippen LogP contribution < -0.4 is 14.9 Å². The highest BCUT2D eigenvalue weighted by Crippen LogP contribution is 2.34. The number of allylic oxidation sites excluding steroid dienone is 6. The zero-order valence-corrected chi connectivity index (χ0v) is 42.0. The number of rotatable bonds is 13. The first-order chi connectivity index (χ1) is 33.2. The SMILES string of the molecule is C=NN(/C=C(\C)c1cccc(-c2cc(-c3ccccc3)cc(-c3ccccc3)c2)c1)c1ccccc1.CC.CC1=CCNC(C)=C1.CCC=CC(C)C(CC)[n+]1ccccc1-c1ccccc1C. The molecule has 1 N–H and O–H groups in total. The van der Waals surface area contributed by atoms with Crippen molar-refractivity contribution >= 4 is 18.0 Å². The zero-order chi connectivity index (χ0) is 48.7. The van der Waals surface area contributed by atoms with Gasteiger partial charge in [0.05, 0.1) is 5.69 Å². The summed E-state index contributed by atoms with van der Waals surface area (Å²) in [5, 5.41) is 9.21. The number of dihydropyridines is 1. The van der Waals surface area contributed by atoms with Crippen molar-refractivity contribution in [3.63, 3.8) is 0 Å². The Morgan fingerprint density at radius 2 is 1.24 bits per heavy atom. The highest BCUT2D eigenvalue weighted by Gasteiger charge is 2.26. The second kappa shape index (κ2) is 27.4. The lowest BCUT2D eigenvalue weighted by Gasteiger charge is -2.18. The molecule has 1 aliphatic rings. The summed E-state index contributed by atoms with van der Waals surface area (Å²) in [5.74, 6) is 0.528. The van der Waals surface area contributed by atoms with E-state index in [-0.39, 0.29) is 0 Å². The van der Waals surface area contributed by atoms with E-state index in [2.05, 4.69) is 246 Å². The minimum Gasteiger partial charge on any atom is -0.385 e. The van der Waals surface area contributed by atoms with E-state index in [4.69, 9.17) is 0 Å². The van der Waals surface area contributed by atoms with Crippen molar-refractivity contribution in [2.45, 2.75) is 81.2 Å². The van der Waals surface area contributed by atoms with Crippen LogP contribution in [-0.2, 0) is 0 Å². The Morgan fingerprint density at radius 3 is 1.78 bits per heavy atom. The van der Waals surface area contributed by atoms with Crippen LogP contribution in [-0.4, -0.2) is 13.3 Å². The number of benzene rings is 6. The van der Waals surface area contributed by atoms with Gasteiger partial charge in [-0.1, -0.05) is 174 Å². The van der Waals surface area contributed by atoms with Crippen molar-refractivity contribution in [1.82, 2.24) is 5.32 Å². The summed E-state index contributed by atoms with van der Waals surface area (Å²) in [7, 11) is 0. The van der Waals surface area contributed by atoms with Crippen molar-refractivity contribution in [1.29, 1.82) is 0 Å². The topological polar surface area (TPSA) is 31.5 Å². The van der Waals surface area contributed by atoms with Crippen molar-refractivity contribution in [3.8, 4) is 44.6 Å². The summed E-state index contributed by atoms with van der Waals surface area (Å²) >= 11 is 0. The van der Waals surface area contributed by atoms with Crippen LogP contribution in [0.3, 0.4) is 0 Å². The first kappa shape index (κ1) is 51.7. The molecule has 0 amide bonds. The van der Waals surface area contributed by atoms with Crippen LogP contribution in [0.5, 0.6) is 0 Å². The van der Waals surface area contributed by atoms with Crippen LogP contribution in [0.4, 0.5) is 5.69 Å². The molecule has 1 aliphatic heterocycles. The summed E-state index contributed by atoms with van der Waals surface area (Å²) in [6.45, 7) is 24.0. The largest absolute Gasteiger partial charge is 0.385 e. The number of nitrogens with one attached hydrogen (secondary N) is 1. The molecule has 8 rings (SSSR count). The average molecular weight is 898 g/mol. The maximum absolute atomic E-state index is 4.20. The molecular weight excluding hydrogens is 825 g/mol. The number of pyridine rings is 1. The molecule has 0 radical (unpaired) electrons. The minimum atomic E-state index is 0.485. The lowest BCUT2D eigenvalue weighted by Crippen LogP contribution is -2.44. The molecule has 0 saturated carbocycles. The third-order valence-electron chi connectivity index (χ3n) is 11.9. The molecule has 68 heavy (non-hydrogen) atoms. The fourth-order valence-electron chi connectivity index (χ4n) is 8.33. The number of para-hydroxylation sites is 1. The second-order valence-corrected chi connectivity index (χ2v) is 16.9. The van der Waals surface area contributed by atoms with Crippen LogP contribution in [0.2, 0.25) is 0 Å². The average Bonchev–Trinajstić information content (AvgIpc) is 3.39. The van der Waals surface area contributed by atoms with E-state index < -0.39 is 0 Å². The van der Waals surface area contributed by atoms with Gasteiger partial charge in [0.25, 0.3) is 0 Å². The molecule has 348 valence electrons. The molecule has 0 fully saturated rings. The van der Waals surface area contributed by atoms with Gasteiger partial charge < -0.3 is 5.32 Å². The van der Waals surface area contributed by atoms with Crippen LogP contribution >= 0.6 is 0 Å². The van der Waals surface area contributed by atoms with E-state index >= 15 is 0 Å². The molecular formula is C64H73N4+. The van der Waals surface area contributed by atoms with Gasteiger partial charge in [-0.05, 0) is 139 Å². The zero-order valence-electron chi connectivity index (χ0n) is 42.0. The Kier molecular flexibility index (Phi) is 20.8. The Balaban J connectivity index is 0.000000228. The van der Waals surface area contributed by atoms with Gasteiger partial charge in [0.15, 0.2) is 12.2 Å². The van der Waals surface area contributed by atoms with Gasteiger partial charge in [-0.2, -0.15) is 9.67 Å². The molecule has 7 aromatic rings. The molecule has 4 heteroatoms.